The van der Waals surface area contributed by atoms with Crippen LogP contribution in [-0.2, 0) is 11.3 Å². The van der Waals surface area contributed by atoms with Crippen LogP contribution in [0, 0.1) is 6.92 Å². The second-order valence-electron chi connectivity index (χ2n) is 6.66. The van der Waals surface area contributed by atoms with Crippen molar-refractivity contribution in [1.82, 2.24) is 19.7 Å². The predicted octanol–water partition coefficient (Wildman–Crippen LogP) is 4.46. The largest absolute Gasteiger partial charge is 0.481 e. The van der Waals surface area contributed by atoms with Crippen molar-refractivity contribution < 1.29 is 9.47 Å². The van der Waals surface area contributed by atoms with Crippen LogP contribution < -0.4 is 4.74 Å². The summed E-state index contributed by atoms with van der Waals surface area (Å²) in [7, 11) is 3.24. The maximum Gasteiger partial charge on any atom is 0.213 e. The van der Waals surface area contributed by atoms with E-state index in [-0.39, 0.29) is 0 Å². The Labute approximate surface area is 169 Å². The molecule has 146 valence electrons. The maximum absolute atomic E-state index is 5.31. The van der Waals surface area contributed by atoms with Crippen LogP contribution in [-0.4, -0.2) is 34.0 Å². The van der Waals surface area contributed by atoms with E-state index in [1.807, 2.05) is 16.7 Å². The van der Waals surface area contributed by atoms with Gasteiger partial charge in [0.15, 0.2) is 11.6 Å². The van der Waals surface area contributed by atoms with E-state index < -0.39 is 0 Å². The second kappa shape index (κ2) is 8.24. The van der Waals surface area contributed by atoms with Crippen molar-refractivity contribution in [3.8, 4) is 34.1 Å². The lowest BCUT2D eigenvalue weighted by atomic mass is 9.99. The first-order chi connectivity index (χ1) is 14.2. The van der Waals surface area contributed by atoms with Gasteiger partial charge in [-0.1, -0.05) is 48.5 Å². The number of pyridine rings is 1. The molecule has 4 aromatic rings. The summed E-state index contributed by atoms with van der Waals surface area (Å²) >= 11 is 0. The maximum atomic E-state index is 5.31. The summed E-state index contributed by atoms with van der Waals surface area (Å²) in [6.45, 7) is 2.47. The Balaban J connectivity index is 1.76. The lowest BCUT2D eigenvalue weighted by Gasteiger charge is -2.11. The van der Waals surface area contributed by atoms with Crippen LogP contribution in [0.5, 0.6) is 5.88 Å². The normalized spacial score (nSPS) is 10.9. The van der Waals surface area contributed by atoms with Gasteiger partial charge in [0.25, 0.3) is 0 Å². The summed E-state index contributed by atoms with van der Waals surface area (Å²) in [6, 6.07) is 20.5. The summed E-state index contributed by atoms with van der Waals surface area (Å²) in [5.41, 5.74) is 5.45. The van der Waals surface area contributed by atoms with Crippen molar-refractivity contribution in [3.05, 3.63) is 78.2 Å². The third-order valence-electron chi connectivity index (χ3n) is 4.79. The lowest BCUT2D eigenvalue weighted by Crippen LogP contribution is -2.05. The average Bonchev–Trinajstić information content (AvgIpc) is 3.18. The summed E-state index contributed by atoms with van der Waals surface area (Å²) < 4.78 is 12.4. The molecule has 29 heavy (non-hydrogen) atoms. The molecule has 0 aliphatic rings. The minimum Gasteiger partial charge on any atom is -0.481 e. The molecule has 2 aromatic heterocycles. The molecular formula is C23H22N4O2. The van der Waals surface area contributed by atoms with E-state index in [9.17, 15) is 0 Å². The van der Waals surface area contributed by atoms with Gasteiger partial charge in [0.05, 0.1) is 19.0 Å². The zero-order valence-electron chi connectivity index (χ0n) is 16.7. The van der Waals surface area contributed by atoms with E-state index in [1.165, 1.54) is 16.7 Å². The summed E-state index contributed by atoms with van der Waals surface area (Å²) in [5, 5.41) is 8.74. The highest BCUT2D eigenvalue weighted by Gasteiger charge is 2.16. The zero-order chi connectivity index (χ0) is 20.2. The van der Waals surface area contributed by atoms with Crippen LogP contribution in [0.1, 0.15) is 11.4 Å². The van der Waals surface area contributed by atoms with E-state index in [1.54, 1.807) is 20.4 Å². The standard InChI is InChI=1S/C23H22N4O2/c1-16-6-4-5-7-20(16)17-8-10-18(11-9-17)23-26-25-21(15-28-2)27(23)19-12-13-22(29-3)24-14-19/h4-14H,15H2,1-3H3. The number of aryl methyl sites for hydroxylation is 1. The number of nitrogens with zero attached hydrogens (tertiary/aromatic N) is 4. The molecule has 0 N–H and O–H groups in total. The van der Waals surface area contributed by atoms with Crippen molar-refractivity contribution >= 4 is 0 Å². The lowest BCUT2D eigenvalue weighted by molar-refractivity contribution is 0.176. The fraction of sp³-hybridized carbons (Fsp3) is 0.174. The van der Waals surface area contributed by atoms with Crippen LogP contribution in [0.3, 0.4) is 0 Å². The molecule has 0 radical (unpaired) electrons. The summed E-state index contributed by atoms with van der Waals surface area (Å²) in [6.07, 6.45) is 1.74. The Bertz CT molecular complexity index is 1100. The van der Waals surface area contributed by atoms with Crippen molar-refractivity contribution in [2.24, 2.45) is 0 Å². The monoisotopic (exact) mass is 386 g/mol. The number of aromatic nitrogens is 4. The molecule has 0 aliphatic heterocycles. The number of hydrogen-bond acceptors (Lipinski definition) is 5. The van der Waals surface area contributed by atoms with Gasteiger partial charge in [-0.05, 0) is 29.7 Å². The molecule has 0 unspecified atom stereocenters. The van der Waals surface area contributed by atoms with Crippen LogP contribution >= 0.6 is 0 Å². The van der Waals surface area contributed by atoms with Gasteiger partial charge < -0.3 is 9.47 Å². The molecule has 6 nitrogen and oxygen atoms in total. The van der Waals surface area contributed by atoms with Gasteiger partial charge in [-0.2, -0.15) is 0 Å². The number of methoxy groups -OCH3 is 2. The van der Waals surface area contributed by atoms with E-state index in [2.05, 4.69) is 70.6 Å². The SMILES string of the molecule is COCc1nnc(-c2ccc(-c3ccccc3C)cc2)n1-c1ccc(OC)nc1. The van der Waals surface area contributed by atoms with Gasteiger partial charge in [-0.3, -0.25) is 4.57 Å². The van der Waals surface area contributed by atoms with Crippen LogP contribution in [0.15, 0.2) is 66.9 Å². The highest BCUT2D eigenvalue weighted by Crippen LogP contribution is 2.28. The van der Waals surface area contributed by atoms with Crippen molar-refractivity contribution in [2.45, 2.75) is 13.5 Å². The molecule has 0 aliphatic carbocycles. The van der Waals surface area contributed by atoms with Crippen LogP contribution in [0.4, 0.5) is 0 Å². The van der Waals surface area contributed by atoms with Gasteiger partial charge in [-0.25, -0.2) is 4.98 Å². The Hall–Kier alpha value is -3.51. The predicted molar refractivity (Wildman–Crippen MR) is 112 cm³/mol. The van der Waals surface area contributed by atoms with Gasteiger partial charge in [0.2, 0.25) is 5.88 Å². The first-order valence-corrected chi connectivity index (χ1v) is 9.31. The Morgan fingerprint density at radius 1 is 0.862 bits per heavy atom. The van der Waals surface area contributed by atoms with Crippen LogP contribution in [0.25, 0.3) is 28.2 Å². The van der Waals surface area contributed by atoms with Crippen molar-refractivity contribution in [2.75, 3.05) is 14.2 Å². The summed E-state index contributed by atoms with van der Waals surface area (Å²) in [4.78, 5) is 4.31. The zero-order valence-corrected chi connectivity index (χ0v) is 16.7. The first-order valence-electron chi connectivity index (χ1n) is 9.31. The van der Waals surface area contributed by atoms with E-state index in [0.717, 1.165) is 17.1 Å². The Kier molecular flexibility index (Phi) is 5.35. The first kappa shape index (κ1) is 18.8. The number of rotatable bonds is 6. The molecule has 0 atom stereocenters. The molecule has 6 heteroatoms. The van der Waals surface area contributed by atoms with Gasteiger partial charge in [0.1, 0.15) is 6.61 Å². The number of ether oxygens (including phenoxy) is 2. The molecule has 0 amide bonds. The highest BCUT2D eigenvalue weighted by molar-refractivity contribution is 5.70. The van der Waals surface area contributed by atoms with E-state index >= 15 is 0 Å². The molecule has 0 saturated carbocycles. The highest BCUT2D eigenvalue weighted by atomic mass is 16.5. The van der Waals surface area contributed by atoms with Gasteiger partial charge >= 0.3 is 0 Å². The quantitative estimate of drug-likeness (QED) is 0.490. The molecule has 2 heterocycles. The third-order valence-corrected chi connectivity index (χ3v) is 4.79. The molecule has 4 rings (SSSR count). The summed E-state index contributed by atoms with van der Waals surface area (Å²) in [5.74, 6) is 2.00. The molecule has 0 saturated heterocycles. The number of hydrogen-bond donors (Lipinski definition) is 0. The third kappa shape index (κ3) is 3.75. The molecule has 2 aromatic carbocycles. The van der Waals surface area contributed by atoms with Crippen molar-refractivity contribution in [1.29, 1.82) is 0 Å². The fourth-order valence-corrected chi connectivity index (χ4v) is 3.32. The Morgan fingerprint density at radius 3 is 2.28 bits per heavy atom. The smallest absolute Gasteiger partial charge is 0.213 e. The van der Waals surface area contributed by atoms with Crippen molar-refractivity contribution in [3.63, 3.8) is 0 Å². The Morgan fingerprint density at radius 2 is 1.62 bits per heavy atom. The van der Waals surface area contributed by atoms with E-state index in [4.69, 9.17) is 9.47 Å². The fourth-order valence-electron chi connectivity index (χ4n) is 3.32. The van der Waals surface area contributed by atoms with Gasteiger partial charge in [-0.15, -0.1) is 10.2 Å². The average molecular weight is 386 g/mol. The molecule has 0 fully saturated rings. The molecular weight excluding hydrogens is 364 g/mol. The topological polar surface area (TPSA) is 62.1 Å². The minimum atomic E-state index is 0.348. The molecule has 0 spiro atoms. The minimum absolute atomic E-state index is 0.348. The van der Waals surface area contributed by atoms with E-state index in [0.29, 0.717) is 18.3 Å². The number of benzene rings is 2. The molecule has 0 bridgehead atoms. The second-order valence-corrected chi connectivity index (χ2v) is 6.66. The van der Waals surface area contributed by atoms with Gasteiger partial charge in [0, 0.05) is 18.7 Å². The van der Waals surface area contributed by atoms with Crippen LogP contribution in [0.2, 0.25) is 0 Å².